The minimum atomic E-state index is -1.41. The highest BCUT2D eigenvalue weighted by atomic mass is 127. The number of rotatable bonds is 11. The van der Waals surface area contributed by atoms with E-state index in [1.54, 1.807) is 41.5 Å². The van der Waals surface area contributed by atoms with Gasteiger partial charge in [-0.1, -0.05) is 33.0 Å². The molecule has 0 radical (unpaired) electrons. The molecule has 2 rings (SSSR count). The topological polar surface area (TPSA) is 148 Å². The Morgan fingerprint density at radius 3 is 2.00 bits per heavy atom. The summed E-state index contributed by atoms with van der Waals surface area (Å²) in [4.78, 5) is 49.6. The fourth-order valence-electron chi connectivity index (χ4n) is 3.46. The number of hydrogen-bond donors (Lipinski definition) is 1. The molecule has 41 heavy (non-hydrogen) atoms. The van der Waals surface area contributed by atoms with Crippen LogP contribution in [0.4, 0.5) is 15.4 Å². The number of amides is 3. The lowest BCUT2D eigenvalue weighted by Crippen LogP contribution is -2.44. The first-order chi connectivity index (χ1) is 18.8. The van der Waals surface area contributed by atoms with E-state index in [0.717, 1.165) is 18.9 Å². The lowest BCUT2D eigenvalue weighted by Gasteiger charge is -2.28. The second-order valence-electron chi connectivity index (χ2n) is 12.8. The molecule has 14 heteroatoms. The molecule has 2 heterocycles. The normalized spacial score (nSPS) is 12.4. The number of nitrogens with two attached hydrogens (primary N) is 1. The second-order valence-corrected chi connectivity index (χ2v) is 19.5. The zero-order chi connectivity index (χ0) is 31.3. The highest BCUT2D eigenvalue weighted by molar-refractivity contribution is 14.1. The predicted octanol–water partition coefficient (Wildman–Crippen LogP) is 6.30. The third-order valence-corrected chi connectivity index (χ3v) is 8.07. The molecule has 0 fully saturated rings. The highest BCUT2D eigenvalue weighted by Gasteiger charge is 2.38. The van der Waals surface area contributed by atoms with Gasteiger partial charge in [-0.15, -0.1) is 0 Å². The number of hydrogen-bond acceptors (Lipinski definition) is 9. The van der Waals surface area contributed by atoms with Gasteiger partial charge in [-0.25, -0.2) is 9.59 Å². The number of imide groups is 1. The van der Waals surface area contributed by atoms with Crippen molar-refractivity contribution >= 4 is 65.6 Å². The summed E-state index contributed by atoms with van der Waals surface area (Å²) in [6.45, 7) is 19.4. The van der Waals surface area contributed by atoms with E-state index in [2.05, 4.69) is 29.6 Å². The molecule has 0 aliphatic heterocycles. The van der Waals surface area contributed by atoms with E-state index < -0.39 is 37.4 Å². The first-order valence-electron chi connectivity index (χ1n) is 13.6. The van der Waals surface area contributed by atoms with E-state index in [4.69, 9.17) is 24.7 Å². The minimum absolute atomic E-state index is 0.0798. The molecule has 2 aromatic heterocycles. The Bertz CT molecular complexity index is 1230. The molecular weight excluding hydrogens is 661 g/mol. The maximum Gasteiger partial charge on any atom is 0.425 e. The third kappa shape index (κ3) is 10.1. The highest BCUT2D eigenvalue weighted by Crippen LogP contribution is 2.35. The quantitative estimate of drug-likeness (QED) is 0.162. The molecule has 0 spiro atoms. The Morgan fingerprint density at radius 2 is 1.54 bits per heavy atom. The summed E-state index contributed by atoms with van der Waals surface area (Å²) in [5.41, 5.74) is 4.46. The van der Waals surface area contributed by atoms with Gasteiger partial charge in [-0.2, -0.15) is 14.9 Å². The van der Waals surface area contributed by atoms with Crippen molar-refractivity contribution in [3.05, 3.63) is 9.26 Å². The maximum absolute atomic E-state index is 13.6. The van der Waals surface area contributed by atoms with Crippen molar-refractivity contribution in [2.24, 2.45) is 5.73 Å². The van der Waals surface area contributed by atoms with Crippen LogP contribution in [-0.4, -0.2) is 65.1 Å². The maximum atomic E-state index is 13.6. The van der Waals surface area contributed by atoms with Crippen molar-refractivity contribution in [1.82, 2.24) is 14.5 Å². The zero-order valence-corrected chi connectivity index (χ0v) is 29.0. The van der Waals surface area contributed by atoms with Gasteiger partial charge >= 0.3 is 18.2 Å². The number of unbranched alkanes of at least 4 members (excludes halogenated alkanes) is 1. The number of carbonyl (C=O) groups is 3. The molecule has 2 N–H and O–H groups in total. The van der Waals surface area contributed by atoms with Crippen LogP contribution in [-0.2, 0) is 20.9 Å². The van der Waals surface area contributed by atoms with E-state index in [1.807, 2.05) is 29.5 Å². The Balaban J connectivity index is 2.88. The van der Waals surface area contributed by atoms with Crippen molar-refractivity contribution in [3.8, 4) is 6.01 Å². The summed E-state index contributed by atoms with van der Waals surface area (Å²) < 4.78 is 24.9. The molecule has 0 saturated heterocycles. The number of aromatic nitrogens is 3. The summed E-state index contributed by atoms with van der Waals surface area (Å²) in [5.74, 6) is -0.911. The van der Waals surface area contributed by atoms with Gasteiger partial charge in [-0.05, 0) is 76.6 Å². The number of fused-ring (bicyclic) bond motifs is 1. The number of ether oxygens (including phenoxy) is 4. The summed E-state index contributed by atoms with van der Waals surface area (Å²) in [6, 6.07) is 0.805. The van der Waals surface area contributed by atoms with Crippen LogP contribution >= 0.6 is 22.6 Å². The fourth-order valence-corrected chi connectivity index (χ4v) is 5.15. The molecule has 12 nitrogen and oxygen atoms in total. The van der Waals surface area contributed by atoms with Crippen molar-refractivity contribution < 1.29 is 33.3 Å². The van der Waals surface area contributed by atoms with Crippen molar-refractivity contribution in [2.75, 3.05) is 18.1 Å². The van der Waals surface area contributed by atoms with Crippen LogP contribution in [0.3, 0.4) is 0 Å². The van der Waals surface area contributed by atoms with Crippen molar-refractivity contribution in [1.29, 1.82) is 0 Å². The van der Waals surface area contributed by atoms with Gasteiger partial charge in [0.15, 0.2) is 5.82 Å². The Labute approximate surface area is 256 Å². The largest absolute Gasteiger partial charge is 0.463 e. The van der Waals surface area contributed by atoms with E-state index >= 15 is 0 Å². The SMILES string of the molecule is CCCCOc1nc(N(C(=O)OC(C)(C)C)C(=O)OC(C)(C)C)c2c(n1)c(I)c(C(N)=O)n2COCC[Si](C)(C)C. The van der Waals surface area contributed by atoms with Crippen LogP contribution in [0.1, 0.15) is 71.8 Å². The lowest BCUT2D eigenvalue weighted by molar-refractivity contribution is 0.0428. The van der Waals surface area contributed by atoms with Crippen LogP contribution in [0, 0.1) is 3.57 Å². The van der Waals surface area contributed by atoms with Gasteiger partial charge in [0.05, 0.1) is 10.2 Å². The standard InChI is InChI=1S/C27H44IN5O7Si/c1-11-12-13-38-23-30-18-17(28)19(21(29)34)32(16-37-14-15-41(8,9)10)20(18)22(31-23)33(24(35)39-26(2,3)4)25(36)40-27(5,6)7/h11-16H2,1-10H3,(H2,29,34). The molecule has 2 aromatic rings. The summed E-state index contributed by atoms with van der Waals surface area (Å²) in [5, 5.41) is 0. The van der Waals surface area contributed by atoms with Gasteiger partial charge in [0.1, 0.15) is 34.7 Å². The van der Waals surface area contributed by atoms with Crippen LogP contribution in [0.5, 0.6) is 6.01 Å². The van der Waals surface area contributed by atoms with Gasteiger partial charge in [0, 0.05) is 14.7 Å². The average Bonchev–Trinajstić information content (AvgIpc) is 3.06. The molecule has 0 saturated carbocycles. The molecule has 0 atom stereocenters. The van der Waals surface area contributed by atoms with E-state index in [-0.39, 0.29) is 35.3 Å². The number of anilines is 1. The second kappa shape index (κ2) is 13.7. The third-order valence-electron chi connectivity index (χ3n) is 5.34. The number of halogens is 1. The molecule has 0 aromatic carbocycles. The molecule has 0 aliphatic rings. The van der Waals surface area contributed by atoms with Crippen molar-refractivity contribution in [2.45, 2.75) is 105 Å². The number of carbonyl (C=O) groups excluding carboxylic acids is 3. The number of nitrogens with zero attached hydrogens (tertiary/aromatic N) is 4. The Kier molecular flexibility index (Phi) is 11.6. The predicted molar refractivity (Wildman–Crippen MR) is 168 cm³/mol. The van der Waals surface area contributed by atoms with E-state index in [9.17, 15) is 14.4 Å². The lowest BCUT2D eigenvalue weighted by atomic mass is 10.2. The minimum Gasteiger partial charge on any atom is -0.463 e. The van der Waals surface area contributed by atoms with Crippen LogP contribution in [0.2, 0.25) is 25.7 Å². The van der Waals surface area contributed by atoms with Crippen LogP contribution < -0.4 is 15.4 Å². The molecule has 230 valence electrons. The van der Waals surface area contributed by atoms with Crippen LogP contribution in [0.25, 0.3) is 11.0 Å². The molecule has 0 unspecified atom stereocenters. The first kappa shape index (κ1) is 34.7. The summed E-state index contributed by atoms with van der Waals surface area (Å²) in [7, 11) is -1.41. The van der Waals surface area contributed by atoms with Gasteiger partial charge in [-0.3, -0.25) is 4.79 Å². The monoisotopic (exact) mass is 705 g/mol. The van der Waals surface area contributed by atoms with Crippen molar-refractivity contribution in [3.63, 3.8) is 0 Å². The average molecular weight is 706 g/mol. The molecule has 0 aliphatic carbocycles. The number of primary amides is 1. The fraction of sp³-hybridized carbons (Fsp3) is 0.667. The van der Waals surface area contributed by atoms with Crippen LogP contribution in [0.15, 0.2) is 0 Å². The van der Waals surface area contributed by atoms with E-state index in [0.29, 0.717) is 21.7 Å². The Morgan fingerprint density at radius 1 is 0.976 bits per heavy atom. The molecular formula is C27H44IN5O7Si. The summed E-state index contributed by atoms with van der Waals surface area (Å²) in [6.07, 6.45) is -0.441. The van der Waals surface area contributed by atoms with Gasteiger partial charge in [0.2, 0.25) is 0 Å². The van der Waals surface area contributed by atoms with Gasteiger partial charge < -0.3 is 29.2 Å². The molecule has 3 amide bonds. The Hall–Kier alpha value is -2.46. The molecule has 0 bridgehead atoms. The van der Waals surface area contributed by atoms with Gasteiger partial charge in [0.25, 0.3) is 5.91 Å². The summed E-state index contributed by atoms with van der Waals surface area (Å²) >= 11 is 1.96. The smallest absolute Gasteiger partial charge is 0.425 e. The van der Waals surface area contributed by atoms with E-state index in [1.165, 1.54) is 4.57 Å². The first-order valence-corrected chi connectivity index (χ1v) is 18.4. The zero-order valence-electron chi connectivity index (χ0n) is 25.8.